The number of hydrogen-bond acceptors (Lipinski definition) is 4. The summed E-state index contributed by atoms with van der Waals surface area (Å²) >= 11 is 0. The predicted molar refractivity (Wildman–Crippen MR) is 61.8 cm³/mol. The SMILES string of the molecule is CC(C)c1c(N)nnn1Cc1cncc(F)c1. The van der Waals surface area contributed by atoms with Crippen LogP contribution in [0.2, 0.25) is 0 Å². The van der Waals surface area contributed by atoms with Gasteiger partial charge in [-0.1, -0.05) is 19.1 Å². The van der Waals surface area contributed by atoms with E-state index in [9.17, 15) is 4.39 Å². The lowest BCUT2D eigenvalue weighted by molar-refractivity contribution is 0.585. The summed E-state index contributed by atoms with van der Waals surface area (Å²) in [6.45, 7) is 4.44. The van der Waals surface area contributed by atoms with Gasteiger partial charge in [-0.05, 0) is 17.5 Å². The molecule has 0 unspecified atom stereocenters. The molecule has 2 heterocycles. The summed E-state index contributed by atoms with van der Waals surface area (Å²) in [7, 11) is 0. The van der Waals surface area contributed by atoms with E-state index in [4.69, 9.17) is 5.73 Å². The van der Waals surface area contributed by atoms with Crippen LogP contribution in [0.1, 0.15) is 31.0 Å². The molecule has 0 radical (unpaired) electrons. The van der Waals surface area contributed by atoms with Crippen molar-refractivity contribution < 1.29 is 4.39 Å². The smallest absolute Gasteiger partial charge is 0.169 e. The third kappa shape index (κ3) is 2.41. The lowest BCUT2D eigenvalue weighted by Crippen LogP contribution is -2.09. The van der Waals surface area contributed by atoms with E-state index in [0.29, 0.717) is 12.4 Å². The first-order valence-corrected chi connectivity index (χ1v) is 5.36. The summed E-state index contributed by atoms with van der Waals surface area (Å²) in [4.78, 5) is 3.79. The van der Waals surface area contributed by atoms with Gasteiger partial charge in [-0.3, -0.25) is 4.98 Å². The Bertz CT molecular complexity index is 520. The molecular weight excluding hydrogens is 221 g/mol. The Morgan fingerprint density at radius 3 is 2.82 bits per heavy atom. The number of hydrogen-bond donors (Lipinski definition) is 1. The van der Waals surface area contributed by atoms with Crippen LogP contribution in [0.4, 0.5) is 10.2 Å². The van der Waals surface area contributed by atoms with Crippen LogP contribution in [0.15, 0.2) is 18.5 Å². The number of rotatable bonds is 3. The lowest BCUT2D eigenvalue weighted by atomic mass is 10.1. The van der Waals surface area contributed by atoms with Gasteiger partial charge in [0.05, 0.1) is 18.4 Å². The molecule has 0 bridgehead atoms. The van der Waals surface area contributed by atoms with Gasteiger partial charge in [0.15, 0.2) is 5.82 Å². The van der Waals surface area contributed by atoms with Crippen LogP contribution in [0, 0.1) is 5.82 Å². The highest BCUT2D eigenvalue weighted by molar-refractivity contribution is 5.35. The minimum absolute atomic E-state index is 0.214. The fourth-order valence-corrected chi connectivity index (χ4v) is 1.76. The highest BCUT2D eigenvalue weighted by Gasteiger charge is 2.14. The maximum Gasteiger partial charge on any atom is 0.169 e. The normalized spacial score (nSPS) is 11.1. The van der Waals surface area contributed by atoms with E-state index in [0.717, 1.165) is 11.3 Å². The Balaban J connectivity index is 2.30. The molecule has 0 aliphatic carbocycles. The fourth-order valence-electron chi connectivity index (χ4n) is 1.76. The molecule has 2 aromatic heterocycles. The van der Waals surface area contributed by atoms with Crippen molar-refractivity contribution in [2.45, 2.75) is 26.3 Å². The Kier molecular flexibility index (Phi) is 3.03. The summed E-state index contributed by atoms with van der Waals surface area (Å²) in [5, 5.41) is 7.79. The van der Waals surface area contributed by atoms with E-state index in [1.165, 1.54) is 12.3 Å². The Labute approximate surface area is 98.5 Å². The van der Waals surface area contributed by atoms with Gasteiger partial charge < -0.3 is 5.73 Å². The zero-order chi connectivity index (χ0) is 12.4. The predicted octanol–water partition coefficient (Wildman–Crippen LogP) is 1.57. The van der Waals surface area contributed by atoms with E-state index in [2.05, 4.69) is 15.3 Å². The van der Waals surface area contributed by atoms with Gasteiger partial charge >= 0.3 is 0 Å². The number of nitrogen functional groups attached to an aromatic ring is 1. The van der Waals surface area contributed by atoms with Gasteiger partial charge in [0.1, 0.15) is 5.82 Å². The Morgan fingerprint density at radius 2 is 2.18 bits per heavy atom. The van der Waals surface area contributed by atoms with Crippen molar-refractivity contribution in [1.29, 1.82) is 0 Å². The topological polar surface area (TPSA) is 69.6 Å². The maximum atomic E-state index is 13.0. The molecule has 2 N–H and O–H groups in total. The van der Waals surface area contributed by atoms with Crippen LogP contribution < -0.4 is 5.73 Å². The van der Waals surface area contributed by atoms with Gasteiger partial charge in [0, 0.05) is 6.20 Å². The third-order valence-electron chi connectivity index (χ3n) is 2.44. The molecule has 90 valence electrons. The van der Waals surface area contributed by atoms with Gasteiger partial charge in [-0.25, -0.2) is 9.07 Å². The zero-order valence-electron chi connectivity index (χ0n) is 9.76. The van der Waals surface area contributed by atoms with Crippen LogP contribution in [0.5, 0.6) is 0 Å². The van der Waals surface area contributed by atoms with Gasteiger partial charge in [0.25, 0.3) is 0 Å². The molecule has 0 saturated carbocycles. The van der Waals surface area contributed by atoms with E-state index in [1.807, 2.05) is 13.8 Å². The van der Waals surface area contributed by atoms with Crippen molar-refractivity contribution >= 4 is 5.82 Å². The molecule has 2 rings (SSSR count). The first kappa shape index (κ1) is 11.5. The minimum Gasteiger partial charge on any atom is -0.381 e. The maximum absolute atomic E-state index is 13.0. The van der Waals surface area contributed by atoms with Crippen molar-refractivity contribution in [3.8, 4) is 0 Å². The average Bonchev–Trinajstić information content (AvgIpc) is 2.59. The third-order valence-corrected chi connectivity index (χ3v) is 2.44. The highest BCUT2D eigenvalue weighted by Crippen LogP contribution is 2.19. The summed E-state index contributed by atoms with van der Waals surface area (Å²) in [6.07, 6.45) is 2.77. The zero-order valence-corrected chi connectivity index (χ0v) is 9.76. The number of halogens is 1. The second kappa shape index (κ2) is 4.48. The lowest BCUT2D eigenvalue weighted by Gasteiger charge is -2.09. The van der Waals surface area contributed by atoms with Gasteiger partial charge in [-0.2, -0.15) is 0 Å². The number of nitrogens with zero attached hydrogens (tertiary/aromatic N) is 4. The van der Waals surface area contributed by atoms with Crippen LogP contribution in [0.3, 0.4) is 0 Å². The summed E-state index contributed by atoms with van der Waals surface area (Å²) < 4.78 is 14.7. The molecule has 0 fully saturated rings. The second-order valence-corrected chi connectivity index (χ2v) is 4.18. The Hall–Kier alpha value is -1.98. The molecule has 5 nitrogen and oxygen atoms in total. The molecule has 0 atom stereocenters. The molecule has 0 saturated heterocycles. The number of aromatic nitrogens is 4. The summed E-state index contributed by atoms with van der Waals surface area (Å²) in [5.41, 5.74) is 7.33. The van der Waals surface area contributed by atoms with E-state index >= 15 is 0 Å². The standard InChI is InChI=1S/C11H14FN5/c1-7(2)10-11(13)15-16-17(10)6-8-3-9(12)5-14-4-8/h3-5,7H,6,13H2,1-2H3. The first-order valence-electron chi connectivity index (χ1n) is 5.36. The van der Waals surface area contributed by atoms with Crippen molar-refractivity contribution in [3.63, 3.8) is 0 Å². The van der Waals surface area contributed by atoms with E-state index in [1.54, 1.807) is 10.9 Å². The fraction of sp³-hybridized carbons (Fsp3) is 0.364. The number of pyridine rings is 1. The van der Waals surface area contributed by atoms with Crippen molar-refractivity contribution in [1.82, 2.24) is 20.0 Å². The van der Waals surface area contributed by atoms with Crippen molar-refractivity contribution in [3.05, 3.63) is 35.5 Å². The summed E-state index contributed by atoms with van der Waals surface area (Å²) in [5.74, 6) is 0.276. The van der Waals surface area contributed by atoms with Crippen LogP contribution >= 0.6 is 0 Å². The number of anilines is 1. The summed E-state index contributed by atoms with van der Waals surface area (Å²) in [6, 6.07) is 1.43. The highest BCUT2D eigenvalue weighted by atomic mass is 19.1. The molecule has 0 aliphatic rings. The molecule has 2 aromatic rings. The van der Waals surface area contributed by atoms with Crippen molar-refractivity contribution in [2.24, 2.45) is 0 Å². The average molecular weight is 235 g/mol. The second-order valence-electron chi connectivity index (χ2n) is 4.18. The van der Waals surface area contributed by atoms with Gasteiger partial charge in [0.2, 0.25) is 0 Å². The van der Waals surface area contributed by atoms with Crippen molar-refractivity contribution in [2.75, 3.05) is 5.73 Å². The molecule has 0 aromatic carbocycles. The van der Waals surface area contributed by atoms with E-state index in [-0.39, 0.29) is 11.7 Å². The van der Waals surface area contributed by atoms with Crippen LogP contribution in [-0.4, -0.2) is 20.0 Å². The molecule has 0 aliphatic heterocycles. The molecule has 6 heteroatoms. The Morgan fingerprint density at radius 1 is 1.41 bits per heavy atom. The monoisotopic (exact) mass is 235 g/mol. The molecule has 17 heavy (non-hydrogen) atoms. The molecular formula is C11H14FN5. The van der Waals surface area contributed by atoms with Gasteiger partial charge in [-0.15, -0.1) is 5.10 Å². The quantitative estimate of drug-likeness (QED) is 0.876. The molecule has 0 amide bonds. The van der Waals surface area contributed by atoms with Crippen LogP contribution in [0.25, 0.3) is 0 Å². The van der Waals surface area contributed by atoms with E-state index < -0.39 is 0 Å². The first-order chi connectivity index (χ1) is 8.08. The number of nitrogens with two attached hydrogens (primary N) is 1. The largest absolute Gasteiger partial charge is 0.381 e. The minimum atomic E-state index is -0.360. The molecule has 0 spiro atoms. The van der Waals surface area contributed by atoms with Crippen LogP contribution in [-0.2, 0) is 6.54 Å².